The van der Waals surface area contributed by atoms with Gasteiger partial charge in [0.25, 0.3) is 0 Å². The molecule has 0 saturated heterocycles. The van der Waals surface area contributed by atoms with Crippen LogP contribution in [0.3, 0.4) is 0 Å². The molecule has 0 aliphatic rings. The first-order valence-electron chi connectivity index (χ1n) is 7.63. The lowest BCUT2D eigenvalue weighted by Gasteiger charge is -2.23. The Kier molecular flexibility index (Phi) is 5.34. The van der Waals surface area contributed by atoms with Crippen LogP contribution >= 0.6 is 0 Å². The maximum absolute atomic E-state index is 4.79. The number of benzene rings is 1. The molecule has 1 heterocycles. The van der Waals surface area contributed by atoms with E-state index in [0.717, 1.165) is 24.6 Å². The molecule has 0 aliphatic carbocycles. The third kappa shape index (κ3) is 4.30. The largest absolute Gasteiger partial charge is 0.327 e. The number of hydrogen-bond acceptors (Lipinski definition) is 3. The van der Waals surface area contributed by atoms with Crippen LogP contribution in [-0.2, 0) is 6.54 Å². The topological polar surface area (TPSA) is 28.2 Å². The van der Waals surface area contributed by atoms with Crippen LogP contribution < -0.4 is 10.2 Å². The van der Waals surface area contributed by atoms with Crippen LogP contribution in [0.5, 0.6) is 0 Å². The first kappa shape index (κ1) is 15.5. The van der Waals surface area contributed by atoms with Gasteiger partial charge >= 0.3 is 0 Å². The molecule has 1 N–H and O–H groups in total. The van der Waals surface area contributed by atoms with Crippen LogP contribution in [0.25, 0.3) is 0 Å². The number of hydrogen-bond donors (Lipinski definition) is 1. The molecule has 2 aromatic rings. The Morgan fingerprint density at radius 3 is 2.57 bits per heavy atom. The van der Waals surface area contributed by atoms with Crippen molar-refractivity contribution in [3.05, 3.63) is 53.7 Å². The zero-order valence-corrected chi connectivity index (χ0v) is 13.4. The van der Waals surface area contributed by atoms with Crippen LogP contribution in [0.15, 0.2) is 42.5 Å². The highest BCUT2D eigenvalue weighted by molar-refractivity contribution is 5.60. The van der Waals surface area contributed by atoms with Gasteiger partial charge in [-0.3, -0.25) is 0 Å². The SMILES string of the molecule is CCN(c1cccc(C)c1)c1cccc(CNC(C)C)n1. The van der Waals surface area contributed by atoms with Crippen molar-refractivity contribution in [3.8, 4) is 0 Å². The van der Waals surface area contributed by atoms with E-state index in [4.69, 9.17) is 4.98 Å². The minimum atomic E-state index is 0.467. The Bertz CT molecular complexity index is 578. The number of anilines is 2. The fourth-order valence-electron chi connectivity index (χ4n) is 2.30. The van der Waals surface area contributed by atoms with Gasteiger partial charge in [0.2, 0.25) is 0 Å². The summed E-state index contributed by atoms with van der Waals surface area (Å²) in [5.41, 5.74) is 3.54. The van der Waals surface area contributed by atoms with Gasteiger partial charge in [-0.25, -0.2) is 4.98 Å². The molecule has 0 saturated carbocycles. The van der Waals surface area contributed by atoms with E-state index in [-0.39, 0.29) is 0 Å². The molecule has 0 radical (unpaired) electrons. The fraction of sp³-hybridized carbons (Fsp3) is 0.389. The van der Waals surface area contributed by atoms with Crippen LogP contribution in [0, 0.1) is 6.92 Å². The van der Waals surface area contributed by atoms with E-state index in [2.05, 4.69) is 80.4 Å². The van der Waals surface area contributed by atoms with E-state index in [9.17, 15) is 0 Å². The second-order valence-corrected chi connectivity index (χ2v) is 5.61. The molecule has 0 unspecified atom stereocenters. The molecule has 2 rings (SSSR count). The van der Waals surface area contributed by atoms with Crippen molar-refractivity contribution in [2.75, 3.05) is 11.4 Å². The van der Waals surface area contributed by atoms with Gasteiger partial charge in [-0.2, -0.15) is 0 Å². The normalized spacial score (nSPS) is 10.9. The molecular formula is C18H25N3. The van der Waals surface area contributed by atoms with Gasteiger partial charge in [-0.1, -0.05) is 32.0 Å². The number of rotatable bonds is 6. The minimum absolute atomic E-state index is 0.467. The smallest absolute Gasteiger partial charge is 0.133 e. The van der Waals surface area contributed by atoms with Gasteiger partial charge < -0.3 is 10.2 Å². The van der Waals surface area contributed by atoms with E-state index in [1.807, 2.05) is 0 Å². The summed E-state index contributed by atoms with van der Waals surface area (Å²) >= 11 is 0. The number of aryl methyl sites for hydroxylation is 1. The van der Waals surface area contributed by atoms with Gasteiger partial charge in [0.05, 0.1) is 5.69 Å². The Balaban J connectivity index is 2.24. The van der Waals surface area contributed by atoms with Gasteiger partial charge in [0.15, 0.2) is 0 Å². The number of nitrogens with zero attached hydrogens (tertiary/aromatic N) is 2. The van der Waals surface area contributed by atoms with Crippen molar-refractivity contribution in [1.29, 1.82) is 0 Å². The Morgan fingerprint density at radius 2 is 1.90 bits per heavy atom. The molecule has 0 bridgehead atoms. The number of nitrogens with one attached hydrogen (secondary N) is 1. The first-order chi connectivity index (χ1) is 10.1. The van der Waals surface area contributed by atoms with Gasteiger partial charge in [0, 0.05) is 24.8 Å². The maximum Gasteiger partial charge on any atom is 0.133 e. The van der Waals surface area contributed by atoms with Crippen LogP contribution in [-0.4, -0.2) is 17.6 Å². The fourth-order valence-corrected chi connectivity index (χ4v) is 2.30. The standard InChI is InChI=1S/C18H25N3/c1-5-21(17-10-6-8-15(4)12-17)18-11-7-9-16(20-18)13-19-14(2)3/h6-12,14,19H,5,13H2,1-4H3. The minimum Gasteiger partial charge on any atom is -0.327 e. The summed E-state index contributed by atoms with van der Waals surface area (Å²) in [7, 11) is 0. The molecule has 0 spiro atoms. The average Bonchev–Trinajstić information content (AvgIpc) is 2.46. The van der Waals surface area contributed by atoms with Crippen molar-refractivity contribution < 1.29 is 0 Å². The summed E-state index contributed by atoms with van der Waals surface area (Å²) in [5.74, 6) is 1.01. The highest BCUT2D eigenvalue weighted by atomic mass is 15.2. The lowest BCUT2D eigenvalue weighted by molar-refractivity contribution is 0.581. The molecular weight excluding hydrogens is 258 g/mol. The van der Waals surface area contributed by atoms with E-state index in [0.29, 0.717) is 6.04 Å². The molecule has 1 aromatic heterocycles. The molecule has 3 nitrogen and oxygen atoms in total. The predicted octanol–water partition coefficient (Wildman–Crippen LogP) is 4.05. The summed E-state index contributed by atoms with van der Waals surface area (Å²) < 4.78 is 0. The van der Waals surface area contributed by atoms with Crippen molar-refractivity contribution in [3.63, 3.8) is 0 Å². The number of aromatic nitrogens is 1. The molecule has 0 fully saturated rings. The molecule has 0 amide bonds. The van der Waals surface area contributed by atoms with E-state index in [1.54, 1.807) is 0 Å². The average molecular weight is 283 g/mol. The second-order valence-electron chi connectivity index (χ2n) is 5.61. The van der Waals surface area contributed by atoms with Crippen molar-refractivity contribution in [2.45, 2.75) is 40.3 Å². The molecule has 1 aromatic carbocycles. The summed E-state index contributed by atoms with van der Waals surface area (Å²) in [6, 6.07) is 15.2. The van der Waals surface area contributed by atoms with Crippen molar-refractivity contribution in [1.82, 2.24) is 10.3 Å². The second kappa shape index (κ2) is 7.23. The van der Waals surface area contributed by atoms with Gasteiger partial charge in [0.1, 0.15) is 5.82 Å². The van der Waals surface area contributed by atoms with Crippen molar-refractivity contribution >= 4 is 11.5 Å². The van der Waals surface area contributed by atoms with Crippen LogP contribution in [0.2, 0.25) is 0 Å². The predicted molar refractivity (Wildman–Crippen MR) is 90.1 cm³/mol. The summed E-state index contributed by atoms with van der Waals surface area (Å²) in [5, 5.41) is 3.41. The monoisotopic (exact) mass is 283 g/mol. The van der Waals surface area contributed by atoms with Crippen molar-refractivity contribution in [2.24, 2.45) is 0 Å². The zero-order valence-electron chi connectivity index (χ0n) is 13.4. The van der Waals surface area contributed by atoms with E-state index in [1.165, 1.54) is 11.3 Å². The first-order valence-corrected chi connectivity index (χ1v) is 7.63. The highest BCUT2D eigenvalue weighted by Crippen LogP contribution is 2.24. The quantitative estimate of drug-likeness (QED) is 0.867. The third-order valence-electron chi connectivity index (χ3n) is 3.39. The summed E-state index contributed by atoms with van der Waals surface area (Å²) in [6.07, 6.45) is 0. The van der Waals surface area contributed by atoms with Gasteiger partial charge in [-0.15, -0.1) is 0 Å². The Hall–Kier alpha value is -1.87. The van der Waals surface area contributed by atoms with Crippen LogP contribution in [0.1, 0.15) is 32.0 Å². The maximum atomic E-state index is 4.79. The molecule has 3 heteroatoms. The summed E-state index contributed by atoms with van der Waals surface area (Å²) in [6.45, 7) is 10.3. The summed E-state index contributed by atoms with van der Waals surface area (Å²) in [4.78, 5) is 7.03. The van der Waals surface area contributed by atoms with Gasteiger partial charge in [-0.05, 0) is 43.7 Å². The Morgan fingerprint density at radius 1 is 1.14 bits per heavy atom. The number of pyridine rings is 1. The Labute approximate surface area is 128 Å². The zero-order chi connectivity index (χ0) is 15.2. The highest BCUT2D eigenvalue weighted by Gasteiger charge is 2.09. The van der Waals surface area contributed by atoms with Crippen LogP contribution in [0.4, 0.5) is 11.5 Å². The van der Waals surface area contributed by atoms with E-state index >= 15 is 0 Å². The molecule has 0 aliphatic heterocycles. The molecule has 21 heavy (non-hydrogen) atoms. The third-order valence-corrected chi connectivity index (χ3v) is 3.39. The van der Waals surface area contributed by atoms with E-state index < -0.39 is 0 Å². The molecule has 0 atom stereocenters. The lowest BCUT2D eigenvalue weighted by Crippen LogP contribution is -2.23. The lowest BCUT2D eigenvalue weighted by atomic mass is 10.2. The molecule has 112 valence electrons.